The van der Waals surface area contributed by atoms with E-state index in [4.69, 9.17) is 58.0 Å². The number of benzene rings is 3. The van der Waals surface area contributed by atoms with E-state index in [0.717, 1.165) is 0 Å². The average Bonchev–Trinajstić information content (AvgIpc) is 3.35. The molecule has 0 aromatic heterocycles. The summed E-state index contributed by atoms with van der Waals surface area (Å²) in [5.74, 6) is -2.24. The van der Waals surface area contributed by atoms with Crippen LogP contribution in [-0.2, 0) is 11.2 Å². The van der Waals surface area contributed by atoms with Gasteiger partial charge in [0, 0.05) is 23.6 Å². The number of alkyl halides is 2. The fourth-order valence-corrected chi connectivity index (χ4v) is 5.29. The molecule has 3 nitrogen and oxygen atoms in total. The van der Waals surface area contributed by atoms with Crippen molar-refractivity contribution in [3.8, 4) is 0 Å². The van der Waals surface area contributed by atoms with Crippen LogP contribution in [0, 0.1) is 18.7 Å². The lowest BCUT2D eigenvalue weighted by molar-refractivity contribution is -0.117. The number of carbonyl (C=O) groups excluding carboxylic acids is 2. The first kappa shape index (κ1) is 25.3. The summed E-state index contributed by atoms with van der Waals surface area (Å²) in [5.41, 5.74) is 2.66. The Hall–Kier alpha value is -1.82. The van der Waals surface area contributed by atoms with Crippen LogP contribution in [0.15, 0.2) is 54.6 Å². The van der Waals surface area contributed by atoms with E-state index < -0.39 is 22.1 Å². The SMILES string of the molecule is Cc1cc(F)ccc1CC(=O)c1cc(NC(=O)C2C(c3ccc(Cl)c(Cl)c3)C2(Cl)Cl)ccc1Cl. The van der Waals surface area contributed by atoms with Crippen LogP contribution < -0.4 is 5.32 Å². The highest BCUT2D eigenvalue weighted by Gasteiger charge is 2.67. The molecule has 0 spiro atoms. The summed E-state index contributed by atoms with van der Waals surface area (Å²) in [6, 6.07) is 13.8. The van der Waals surface area contributed by atoms with Crippen LogP contribution in [0.3, 0.4) is 0 Å². The van der Waals surface area contributed by atoms with E-state index in [2.05, 4.69) is 5.32 Å². The average molecular weight is 560 g/mol. The van der Waals surface area contributed by atoms with Crippen LogP contribution in [-0.4, -0.2) is 16.0 Å². The maximum Gasteiger partial charge on any atom is 0.231 e. The summed E-state index contributed by atoms with van der Waals surface area (Å²) in [6.45, 7) is 1.73. The van der Waals surface area contributed by atoms with E-state index in [1.807, 2.05) is 0 Å². The molecule has 1 aliphatic carbocycles. The molecule has 1 N–H and O–H groups in total. The molecule has 0 bridgehead atoms. The maximum absolute atomic E-state index is 13.4. The second-order valence-corrected chi connectivity index (χ2v) is 10.8. The van der Waals surface area contributed by atoms with Gasteiger partial charge in [-0.05, 0) is 66.1 Å². The number of carbonyl (C=O) groups is 2. The van der Waals surface area contributed by atoms with Gasteiger partial charge in [0.1, 0.15) is 10.2 Å². The van der Waals surface area contributed by atoms with Gasteiger partial charge < -0.3 is 5.32 Å². The molecule has 1 saturated carbocycles. The maximum atomic E-state index is 13.4. The van der Waals surface area contributed by atoms with E-state index in [9.17, 15) is 14.0 Å². The van der Waals surface area contributed by atoms with Crippen LogP contribution in [0.4, 0.5) is 10.1 Å². The molecular formula is C25H17Cl5FNO2. The number of anilines is 1. The molecule has 3 aromatic carbocycles. The first-order chi connectivity index (χ1) is 16.0. The van der Waals surface area contributed by atoms with Gasteiger partial charge in [0.2, 0.25) is 5.91 Å². The highest BCUT2D eigenvalue weighted by molar-refractivity contribution is 6.53. The van der Waals surface area contributed by atoms with Gasteiger partial charge in [-0.25, -0.2) is 4.39 Å². The van der Waals surface area contributed by atoms with Gasteiger partial charge in [-0.2, -0.15) is 0 Å². The summed E-state index contributed by atoms with van der Waals surface area (Å²) in [4.78, 5) is 25.9. The number of nitrogens with one attached hydrogen (secondary N) is 1. The number of rotatable bonds is 6. The topological polar surface area (TPSA) is 46.2 Å². The number of amides is 1. The van der Waals surface area contributed by atoms with Crippen molar-refractivity contribution in [1.82, 2.24) is 0 Å². The van der Waals surface area contributed by atoms with Crippen molar-refractivity contribution in [2.24, 2.45) is 5.92 Å². The van der Waals surface area contributed by atoms with E-state index in [1.54, 1.807) is 37.3 Å². The van der Waals surface area contributed by atoms with Gasteiger partial charge in [0.05, 0.1) is 21.0 Å². The molecule has 34 heavy (non-hydrogen) atoms. The number of halogens is 6. The highest BCUT2D eigenvalue weighted by atomic mass is 35.5. The van der Waals surface area contributed by atoms with Gasteiger partial charge in [0.15, 0.2) is 5.78 Å². The third-order valence-corrected chi connectivity index (χ3v) is 7.84. The number of hydrogen-bond acceptors (Lipinski definition) is 2. The largest absolute Gasteiger partial charge is 0.326 e. The molecule has 0 saturated heterocycles. The molecule has 1 fully saturated rings. The number of Topliss-reactive ketones (excluding diaryl/α,β-unsaturated/α-hetero) is 1. The predicted molar refractivity (Wildman–Crippen MR) is 136 cm³/mol. The molecule has 9 heteroatoms. The first-order valence-electron chi connectivity index (χ1n) is 10.2. The second-order valence-electron chi connectivity index (χ2n) is 8.16. The van der Waals surface area contributed by atoms with Crippen molar-refractivity contribution in [3.63, 3.8) is 0 Å². The first-order valence-corrected chi connectivity index (χ1v) is 12.1. The Balaban J connectivity index is 1.51. The van der Waals surface area contributed by atoms with Crippen molar-refractivity contribution in [3.05, 3.63) is 97.7 Å². The van der Waals surface area contributed by atoms with Crippen LogP contribution in [0.5, 0.6) is 0 Å². The van der Waals surface area contributed by atoms with Crippen LogP contribution in [0.1, 0.15) is 33.0 Å². The third kappa shape index (κ3) is 5.07. The molecule has 4 rings (SSSR count). The van der Waals surface area contributed by atoms with E-state index >= 15 is 0 Å². The number of aryl methyl sites for hydroxylation is 1. The van der Waals surface area contributed by atoms with Crippen molar-refractivity contribution < 1.29 is 14.0 Å². The summed E-state index contributed by atoms with van der Waals surface area (Å²) in [5, 5.41) is 3.73. The molecule has 1 aliphatic rings. The Labute approximate surface area is 221 Å². The minimum Gasteiger partial charge on any atom is -0.326 e. The Morgan fingerprint density at radius 3 is 2.32 bits per heavy atom. The smallest absolute Gasteiger partial charge is 0.231 e. The summed E-state index contributed by atoms with van der Waals surface area (Å²) in [7, 11) is 0. The van der Waals surface area contributed by atoms with Crippen LogP contribution in [0.25, 0.3) is 0 Å². The van der Waals surface area contributed by atoms with Crippen molar-refractivity contribution in [1.29, 1.82) is 0 Å². The molecular weight excluding hydrogens is 543 g/mol. The zero-order chi connectivity index (χ0) is 24.8. The third-order valence-electron chi connectivity index (χ3n) is 5.83. The molecule has 1 amide bonds. The van der Waals surface area contributed by atoms with Crippen molar-refractivity contribution in [2.45, 2.75) is 23.6 Å². The van der Waals surface area contributed by atoms with Crippen LogP contribution in [0.2, 0.25) is 15.1 Å². The van der Waals surface area contributed by atoms with Gasteiger partial charge in [-0.15, -0.1) is 23.2 Å². The van der Waals surface area contributed by atoms with E-state index in [-0.39, 0.29) is 28.6 Å². The van der Waals surface area contributed by atoms with E-state index in [1.165, 1.54) is 24.3 Å². The quantitative estimate of drug-likeness (QED) is 0.245. The van der Waals surface area contributed by atoms with E-state index in [0.29, 0.717) is 32.4 Å². The molecule has 3 aromatic rings. The molecule has 0 heterocycles. The Morgan fingerprint density at radius 1 is 0.941 bits per heavy atom. The number of hydrogen-bond donors (Lipinski definition) is 1. The lowest BCUT2D eigenvalue weighted by atomic mass is 9.99. The van der Waals surface area contributed by atoms with Crippen molar-refractivity contribution in [2.75, 3.05) is 5.32 Å². The lowest BCUT2D eigenvalue weighted by Gasteiger charge is -2.10. The second kappa shape index (κ2) is 9.67. The lowest BCUT2D eigenvalue weighted by Crippen LogP contribution is -2.17. The Kier molecular flexibility index (Phi) is 7.19. The molecule has 0 aliphatic heterocycles. The monoisotopic (exact) mass is 557 g/mol. The van der Waals surface area contributed by atoms with Gasteiger partial charge in [-0.1, -0.05) is 46.9 Å². The predicted octanol–water partition coefficient (Wildman–Crippen LogP) is 8.05. The molecule has 0 radical (unpaired) electrons. The minimum atomic E-state index is -1.31. The Morgan fingerprint density at radius 2 is 1.65 bits per heavy atom. The van der Waals surface area contributed by atoms with Crippen LogP contribution >= 0.6 is 58.0 Å². The molecule has 2 unspecified atom stereocenters. The van der Waals surface area contributed by atoms with Gasteiger partial charge in [0.25, 0.3) is 0 Å². The molecule has 2 atom stereocenters. The highest BCUT2D eigenvalue weighted by Crippen LogP contribution is 2.65. The normalized spacial score (nSPS) is 18.4. The molecule has 176 valence electrons. The minimum absolute atomic E-state index is 0.0394. The summed E-state index contributed by atoms with van der Waals surface area (Å²) >= 11 is 31.1. The zero-order valence-corrected chi connectivity index (χ0v) is 21.4. The van der Waals surface area contributed by atoms with Gasteiger partial charge >= 0.3 is 0 Å². The summed E-state index contributed by atoms with van der Waals surface area (Å²) < 4.78 is 12.1. The fourth-order valence-electron chi connectivity index (χ4n) is 3.94. The standard InChI is InChI=1S/C25H17Cl5FNO2/c1-12-8-15(31)4-2-13(12)10-21(33)17-11-16(5-7-18(17)26)32-24(34)23-22(25(23,29)30)14-3-6-19(27)20(28)9-14/h2-9,11,22-23H,10H2,1H3,(H,32,34). The van der Waals surface area contributed by atoms with Crippen molar-refractivity contribution >= 4 is 75.4 Å². The summed E-state index contributed by atoms with van der Waals surface area (Å²) in [6.07, 6.45) is 0.0394. The van der Waals surface area contributed by atoms with Gasteiger partial charge in [-0.3, -0.25) is 9.59 Å². The zero-order valence-electron chi connectivity index (χ0n) is 17.6. The fraction of sp³-hybridized carbons (Fsp3) is 0.200. The number of ketones is 1. The Bertz CT molecular complexity index is 1310.